The van der Waals surface area contributed by atoms with Gasteiger partial charge in [0.05, 0.1) is 12.7 Å². The lowest BCUT2D eigenvalue weighted by molar-refractivity contribution is -0.141. The third kappa shape index (κ3) is 3.47. The van der Waals surface area contributed by atoms with Gasteiger partial charge in [0.15, 0.2) is 0 Å². The second-order valence-electron chi connectivity index (χ2n) is 5.86. The Hall–Kier alpha value is -2.08. The zero-order chi connectivity index (χ0) is 16.2. The molecule has 2 fully saturated rings. The average molecular weight is 318 g/mol. The van der Waals surface area contributed by atoms with Crippen LogP contribution in [-0.4, -0.2) is 62.8 Å². The molecule has 1 amide bonds. The molecule has 2 saturated heterocycles. The molecule has 2 heterocycles. The van der Waals surface area contributed by atoms with Crippen molar-refractivity contribution in [2.24, 2.45) is 0 Å². The summed E-state index contributed by atoms with van der Waals surface area (Å²) in [4.78, 5) is 28.0. The van der Waals surface area contributed by atoms with Gasteiger partial charge >= 0.3 is 5.97 Å². The molecule has 6 heteroatoms. The first-order valence-corrected chi connectivity index (χ1v) is 8.03. The van der Waals surface area contributed by atoms with Crippen molar-refractivity contribution in [3.05, 3.63) is 29.8 Å². The fourth-order valence-corrected chi connectivity index (χ4v) is 3.11. The summed E-state index contributed by atoms with van der Waals surface area (Å²) in [6, 6.07) is 7.41. The summed E-state index contributed by atoms with van der Waals surface area (Å²) >= 11 is 0. The number of hydrogen-bond acceptors (Lipinski definition) is 5. The molecule has 0 radical (unpaired) electrons. The van der Waals surface area contributed by atoms with Crippen LogP contribution in [0.1, 0.15) is 23.2 Å². The maximum Gasteiger partial charge on any atom is 0.337 e. The second-order valence-corrected chi connectivity index (χ2v) is 5.86. The highest BCUT2D eigenvalue weighted by atomic mass is 16.5. The summed E-state index contributed by atoms with van der Waals surface area (Å²) in [5, 5.41) is 0. The molecule has 0 spiro atoms. The normalized spacial score (nSPS) is 21.3. The van der Waals surface area contributed by atoms with Gasteiger partial charge in [-0.05, 0) is 31.0 Å². The first-order valence-electron chi connectivity index (χ1n) is 8.03. The largest absolute Gasteiger partial charge is 0.465 e. The van der Waals surface area contributed by atoms with Crippen LogP contribution in [0.4, 0.5) is 5.69 Å². The van der Waals surface area contributed by atoms with Crippen molar-refractivity contribution in [3.63, 3.8) is 0 Å². The number of piperazine rings is 1. The maximum atomic E-state index is 12.3. The molecule has 2 aliphatic rings. The zero-order valence-corrected chi connectivity index (χ0v) is 13.4. The van der Waals surface area contributed by atoms with E-state index in [-0.39, 0.29) is 18.0 Å². The van der Waals surface area contributed by atoms with Crippen molar-refractivity contribution >= 4 is 17.6 Å². The van der Waals surface area contributed by atoms with E-state index < -0.39 is 0 Å². The highest BCUT2D eigenvalue weighted by Gasteiger charge is 2.30. The molecule has 124 valence electrons. The van der Waals surface area contributed by atoms with E-state index in [1.54, 1.807) is 6.07 Å². The first-order chi connectivity index (χ1) is 11.2. The molecule has 6 nitrogen and oxygen atoms in total. The Morgan fingerprint density at radius 3 is 2.65 bits per heavy atom. The van der Waals surface area contributed by atoms with E-state index >= 15 is 0 Å². The van der Waals surface area contributed by atoms with Crippen molar-refractivity contribution < 1.29 is 19.1 Å². The molecule has 1 atom stereocenters. The number of amides is 1. The van der Waals surface area contributed by atoms with Gasteiger partial charge in [0.2, 0.25) is 0 Å². The summed E-state index contributed by atoms with van der Waals surface area (Å²) < 4.78 is 10.2. The second kappa shape index (κ2) is 7.00. The number of esters is 1. The lowest BCUT2D eigenvalue weighted by Gasteiger charge is -2.37. The predicted octanol–water partition coefficient (Wildman–Crippen LogP) is 1.30. The zero-order valence-electron chi connectivity index (χ0n) is 13.4. The Bertz CT molecular complexity index is 576. The van der Waals surface area contributed by atoms with Gasteiger partial charge in [0, 0.05) is 38.5 Å². The van der Waals surface area contributed by atoms with Crippen LogP contribution in [0.25, 0.3) is 0 Å². The van der Waals surface area contributed by atoms with E-state index in [0.717, 1.165) is 31.6 Å². The van der Waals surface area contributed by atoms with Crippen LogP contribution < -0.4 is 4.90 Å². The lowest BCUT2D eigenvalue weighted by atomic mass is 10.1. The van der Waals surface area contributed by atoms with E-state index in [0.29, 0.717) is 25.3 Å². The Morgan fingerprint density at radius 1 is 1.22 bits per heavy atom. The van der Waals surface area contributed by atoms with Gasteiger partial charge in [-0.15, -0.1) is 0 Å². The van der Waals surface area contributed by atoms with Crippen LogP contribution in [0.2, 0.25) is 0 Å². The maximum absolute atomic E-state index is 12.3. The molecule has 0 saturated carbocycles. The van der Waals surface area contributed by atoms with Crippen LogP contribution in [0.5, 0.6) is 0 Å². The van der Waals surface area contributed by atoms with Gasteiger partial charge in [0.1, 0.15) is 6.10 Å². The molecule has 1 aromatic rings. The highest BCUT2D eigenvalue weighted by molar-refractivity contribution is 5.90. The van der Waals surface area contributed by atoms with Crippen LogP contribution in [0.3, 0.4) is 0 Å². The third-order valence-corrected chi connectivity index (χ3v) is 4.43. The van der Waals surface area contributed by atoms with Gasteiger partial charge in [-0.1, -0.05) is 6.07 Å². The number of rotatable bonds is 3. The SMILES string of the molecule is COC(=O)c1cccc(N2CCN(C(=O)C3CCCO3)CC2)c1. The van der Waals surface area contributed by atoms with E-state index in [1.165, 1.54) is 7.11 Å². The molecule has 3 rings (SSSR count). The molecule has 1 unspecified atom stereocenters. The number of benzene rings is 1. The van der Waals surface area contributed by atoms with Gasteiger partial charge in [0.25, 0.3) is 5.91 Å². The van der Waals surface area contributed by atoms with E-state index in [2.05, 4.69) is 4.90 Å². The molecule has 1 aromatic carbocycles. The molecule has 2 aliphatic heterocycles. The van der Waals surface area contributed by atoms with E-state index in [4.69, 9.17) is 9.47 Å². The summed E-state index contributed by atoms with van der Waals surface area (Å²) in [5.41, 5.74) is 1.53. The van der Waals surface area contributed by atoms with Crippen molar-refractivity contribution in [1.29, 1.82) is 0 Å². The van der Waals surface area contributed by atoms with Crippen molar-refractivity contribution in [2.45, 2.75) is 18.9 Å². The van der Waals surface area contributed by atoms with Crippen LogP contribution in [-0.2, 0) is 14.3 Å². The summed E-state index contributed by atoms with van der Waals surface area (Å²) in [6.45, 7) is 3.56. The van der Waals surface area contributed by atoms with E-state index in [9.17, 15) is 9.59 Å². The van der Waals surface area contributed by atoms with Gasteiger partial charge in [-0.25, -0.2) is 4.79 Å². The standard InChI is InChI=1S/C17H22N2O4/c1-22-17(21)13-4-2-5-14(12-13)18-7-9-19(10-8-18)16(20)15-6-3-11-23-15/h2,4-5,12,15H,3,6-11H2,1H3. The fourth-order valence-electron chi connectivity index (χ4n) is 3.11. The topological polar surface area (TPSA) is 59.1 Å². The quantitative estimate of drug-likeness (QED) is 0.786. The number of methoxy groups -OCH3 is 1. The van der Waals surface area contributed by atoms with Crippen molar-refractivity contribution in [2.75, 3.05) is 44.8 Å². The van der Waals surface area contributed by atoms with Crippen molar-refractivity contribution in [3.8, 4) is 0 Å². The summed E-state index contributed by atoms with van der Waals surface area (Å²) in [7, 11) is 1.38. The van der Waals surface area contributed by atoms with Gasteiger partial charge in [-0.2, -0.15) is 0 Å². The Labute approximate surface area is 136 Å². The molecule has 0 aliphatic carbocycles. The fraction of sp³-hybridized carbons (Fsp3) is 0.529. The summed E-state index contributed by atoms with van der Waals surface area (Å²) in [6.07, 6.45) is 1.56. The molecule has 0 bridgehead atoms. The third-order valence-electron chi connectivity index (χ3n) is 4.43. The Morgan fingerprint density at radius 2 is 2.00 bits per heavy atom. The number of anilines is 1. The monoisotopic (exact) mass is 318 g/mol. The Kier molecular flexibility index (Phi) is 4.81. The summed E-state index contributed by atoms with van der Waals surface area (Å²) in [5.74, 6) is -0.218. The van der Waals surface area contributed by atoms with Gasteiger partial charge in [-0.3, -0.25) is 4.79 Å². The number of carbonyl (C=O) groups excluding carboxylic acids is 2. The number of ether oxygens (including phenoxy) is 2. The van der Waals surface area contributed by atoms with Crippen LogP contribution in [0.15, 0.2) is 24.3 Å². The van der Waals surface area contributed by atoms with Crippen LogP contribution >= 0.6 is 0 Å². The molecule has 23 heavy (non-hydrogen) atoms. The van der Waals surface area contributed by atoms with Crippen LogP contribution in [0, 0.1) is 0 Å². The molecular formula is C17H22N2O4. The van der Waals surface area contributed by atoms with E-state index in [1.807, 2.05) is 23.1 Å². The first kappa shape index (κ1) is 15.8. The lowest BCUT2D eigenvalue weighted by Crippen LogP contribution is -2.51. The Balaban J connectivity index is 1.60. The molecule has 0 aromatic heterocycles. The predicted molar refractivity (Wildman–Crippen MR) is 85.5 cm³/mol. The minimum Gasteiger partial charge on any atom is -0.465 e. The smallest absolute Gasteiger partial charge is 0.337 e. The number of nitrogens with zero attached hydrogens (tertiary/aromatic N) is 2. The minimum atomic E-state index is -0.334. The highest BCUT2D eigenvalue weighted by Crippen LogP contribution is 2.20. The molecule has 0 N–H and O–H groups in total. The van der Waals surface area contributed by atoms with Crippen molar-refractivity contribution in [1.82, 2.24) is 4.90 Å². The molecular weight excluding hydrogens is 296 g/mol. The van der Waals surface area contributed by atoms with Gasteiger partial charge < -0.3 is 19.3 Å². The average Bonchev–Trinajstić information content (AvgIpc) is 3.15. The number of carbonyl (C=O) groups is 2. The minimum absolute atomic E-state index is 0.116. The number of hydrogen-bond donors (Lipinski definition) is 0.